The number of anilines is 2. The average Bonchev–Trinajstić information content (AvgIpc) is 3.43. The van der Waals surface area contributed by atoms with Crippen LogP contribution in [0.2, 0.25) is 0 Å². The van der Waals surface area contributed by atoms with E-state index >= 15 is 0 Å². The van der Waals surface area contributed by atoms with Crippen molar-refractivity contribution in [1.29, 1.82) is 0 Å². The van der Waals surface area contributed by atoms with E-state index in [9.17, 15) is 14.4 Å². The standard InChI is InChI=1S/C32H39N5O4S/c1-41-26-12-5-22(6-13-26)20-30(38)35-27-21-23(31(39)34-25-10-8-24(33)9-11-25)7-14-28(27)36-15-3-16-37(18-17-36)32(40)29-4-2-19-42-29/h2,4-7,12-14,19,21,24-25H,3,8-11,15-18,20,33H2,1H3,(H,34,39)(H,35,38). The fourth-order valence-corrected chi connectivity index (χ4v) is 6.32. The number of hydrogen-bond acceptors (Lipinski definition) is 7. The zero-order valence-electron chi connectivity index (χ0n) is 24.0. The molecule has 3 aromatic rings. The SMILES string of the molecule is COc1ccc(CC(=O)Nc2cc(C(=O)NC3CCC(N)CC3)ccc2N2CCCN(C(=O)c3cccs3)CC2)cc1. The number of nitrogens with one attached hydrogen (secondary N) is 2. The molecule has 0 atom stereocenters. The van der Waals surface area contributed by atoms with Gasteiger partial charge in [0.25, 0.3) is 11.8 Å². The van der Waals surface area contributed by atoms with Gasteiger partial charge < -0.3 is 30.9 Å². The fraction of sp³-hybridized carbons (Fsp3) is 0.406. The van der Waals surface area contributed by atoms with Gasteiger partial charge in [-0.15, -0.1) is 11.3 Å². The molecule has 4 N–H and O–H groups in total. The smallest absolute Gasteiger partial charge is 0.263 e. The van der Waals surface area contributed by atoms with Crippen LogP contribution in [0.1, 0.15) is 57.7 Å². The predicted octanol–water partition coefficient (Wildman–Crippen LogP) is 4.29. The monoisotopic (exact) mass is 589 g/mol. The molecule has 2 aliphatic rings. The minimum Gasteiger partial charge on any atom is -0.497 e. The molecule has 42 heavy (non-hydrogen) atoms. The molecule has 222 valence electrons. The van der Waals surface area contributed by atoms with Gasteiger partial charge in [0.2, 0.25) is 5.91 Å². The lowest BCUT2D eigenvalue weighted by molar-refractivity contribution is -0.115. The zero-order chi connectivity index (χ0) is 29.5. The van der Waals surface area contributed by atoms with Gasteiger partial charge in [0.1, 0.15) is 5.75 Å². The van der Waals surface area contributed by atoms with Crippen molar-refractivity contribution in [3.8, 4) is 5.75 Å². The maximum atomic E-state index is 13.2. The zero-order valence-corrected chi connectivity index (χ0v) is 24.8. The van der Waals surface area contributed by atoms with Crippen molar-refractivity contribution in [3.05, 3.63) is 76.0 Å². The van der Waals surface area contributed by atoms with Crippen LogP contribution in [0.15, 0.2) is 60.0 Å². The van der Waals surface area contributed by atoms with Crippen molar-refractivity contribution in [2.24, 2.45) is 5.73 Å². The molecule has 1 saturated heterocycles. The van der Waals surface area contributed by atoms with Gasteiger partial charge in [-0.2, -0.15) is 0 Å². The van der Waals surface area contributed by atoms with E-state index in [4.69, 9.17) is 10.5 Å². The number of hydrogen-bond donors (Lipinski definition) is 3. The van der Waals surface area contributed by atoms with Crippen LogP contribution in [-0.4, -0.2) is 68.0 Å². The molecular formula is C32H39N5O4S. The molecular weight excluding hydrogens is 550 g/mol. The summed E-state index contributed by atoms with van der Waals surface area (Å²) >= 11 is 1.45. The maximum absolute atomic E-state index is 13.2. The second kappa shape index (κ2) is 13.8. The Kier molecular flexibility index (Phi) is 9.76. The first-order chi connectivity index (χ1) is 20.4. The van der Waals surface area contributed by atoms with Crippen LogP contribution in [-0.2, 0) is 11.2 Å². The molecule has 9 nitrogen and oxygen atoms in total. The number of methoxy groups -OCH3 is 1. The number of nitrogens with zero attached hydrogens (tertiary/aromatic N) is 2. The third-order valence-electron chi connectivity index (χ3n) is 8.02. The highest BCUT2D eigenvalue weighted by Crippen LogP contribution is 2.30. The molecule has 1 aliphatic heterocycles. The third kappa shape index (κ3) is 7.49. The highest BCUT2D eigenvalue weighted by atomic mass is 32.1. The van der Waals surface area contributed by atoms with Gasteiger partial charge in [-0.1, -0.05) is 18.2 Å². The summed E-state index contributed by atoms with van der Waals surface area (Å²) < 4.78 is 5.23. The molecule has 0 spiro atoms. The number of thiophene rings is 1. The number of nitrogens with two attached hydrogens (primary N) is 1. The summed E-state index contributed by atoms with van der Waals surface area (Å²) in [5.41, 5.74) is 8.82. The van der Waals surface area contributed by atoms with E-state index in [1.54, 1.807) is 13.2 Å². The van der Waals surface area contributed by atoms with Gasteiger partial charge in [-0.25, -0.2) is 0 Å². The molecule has 0 unspecified atom stereocenters. The number of rotatable bonds is 8. The summed E-state index contributed by atoms with van der Waals surface area (Å²) in [5, 5.41) is 8.15. The van der Waals surface area contributed by atoms with E-state index in [-0.39, 0.29) is 36.2 Å². The van der Waals surface area contributed by atoms with Crippen LogP contribution >= 0.6 is 11.3 Å². The number of ether oxygens (including phenoxy) is 1. The summed E-state index contributed by atoms with van der Waals surface area (Å²) in [6.07, 6.45) is 4.51. The number of amides is 3. The number of benzene rings is 2. The largest absolute Gasteiger partial charge is 0.497 e. The molecule has 0 bridgehead atoms. The lowest BCUT2D eigenvalue weighted by Crippen LogP contribution is -2.40. The first kappa shape index (κ1) is 29.6. The molecule has 2 aromatic carbocycles. The van der Waals surface area contributed by atoms with Gasteiger partial charge in [0, 0.05) is 43.8 Å². The van der Waals surface area contributed by atoms with Crippen molar-refractivity contribution in [2.45, 2.75) is 50.6 Å². The second-order valence-electron chi connectivity index (χ2n) is 11.0. The Morgan fingerprint density at radius 1 is 0.976 bits per heavy atom. The molecule has 10 heteroatoms. The Labute approximate surface area is 251 Å². The summed E-state index contributed by atoms with van der Waals surface area (Å²) in [6, 6.07) is 16.9. The number of carbonyl (C=O) groups excluding carboxylic acids is 3. The Hall–Kier alpha value is -3.89. The van der Waals surface area contributed by atoms with Crippen molar-refractivity contribution in [1.82, 2.24) is 10.2 Å². The minimum atomic E-state index is -0.176. The third-order valence-corrected chi connectivity index (χ3v) is 8.88. The summed E-state index contributed by atoms with van der Waals surface area (Å²) in [4.78, 5) is 44.3. The molecule has 2 heterocycles. The lowest BCUT2D eigenvalue weighted by Gasteiger charge is -2.28. The van der Waals surface area contributed by atoms with E-state index in [1.165, 1.54) is 11.3 Å². The van der Waals surface area contributed by atoms with E-state index in [0.29, 0.717) is 30.9 Å². The average molecular weight is 590 g/mol. The van der Waals surface area contributed by atoms with Gasteiger partial charge in [0.15, 0.2) is 0 Å². The predicted molar refractivity (Wildman–Crippen MR) is 167 cm³/mol. The Morgan fingerprint density at radius 3 is 2.48 bits per heavy atom. The van der Waals surface area contributed by atoms with Crippen molar-refractivity contribution < 1.29 is 19.1 Å². The second-order valence-corrected chi connectivity index (χ2v) is 11.9. The maximum Gasteiger partial charge on any atom is 0.263 e. The quantitative estimate of drug-likeness (QED) is 0.361. The topological polar surface area (TPSA) is 117 Å². The molecule has 1 aromatic heterocycles. The Bertz CT molecular complexity index is 1370. The molecule has 3 amide bonds. The van der Waals surface area contributed by atoms with Crippen LogP contribution < -0.4 is 26.0 Å². The minimum absolute atomic E-state index is 0.0514. The van der Waals surface area contributed by atoms with Crippen LogP contribution in [0.5, 0.6) is 5.75 Å². The molecule has 1 saturated carbocycles. The van der Waals surface area contributed by atoms with E-state index in [0.717, 1.165) is 60.5 Å². The van der Waals surface area contributed by atoms with Gasteiger partial charge >= 0.3 is 0 Å². The van der Waals surface area contributed by atoms with Crippen molar-refractivity contribution in [3.63, 3.8) is 0 Å². The summed E-state index contributed by atoms with van der Waals surface area (Å²) in [5.74, 6) is 0.448. The van der Waals surface area contributed by atoms with Gasteiger partial charge in [0.05, 0.1) is 29.8 Å². The van der Waals surface area contributed by atoms with Crippen LogP contribution in [0.3, 0.4) is 0 Å². The summed E-state index contributed by atoms with van der Waals surface area (Å²) in [7, 11) is 1.61. The first-order valence-corrected chi connectivity index (χ1v) is 15.5. The molecule has 1 aliphatic carbocycles. The van der Waals surface area contributed by atoms with Crippen molar-refractivity contribution in [2.75, 3.05) is 43.5 Å². The molecule has 5 rings (SSSR count). The van der Waals surface area contributed by atoms with Crippen LogP contribution in [0.25, 0.3) is 0 Å². The van der Waals surface area contributed by atoms with E-state index < -0.39 is 0 Å². The summed E-state index contributed by atoms with van der Waals surface area (Å²) in [6.45, 7) is 2.58. The van der Waals surface area contributed by atoms with Crippen LogP contribution in [0, 0.1) is 0 Å². The highest BCUT2D eigenvalue weighted by Gasteiger charge is 2.25. The Balaban J connectivity index is 1.33. The van der Waals surface area contributed by atoms with Gasteiger partial charge in [-0.3, -0.25) is 14.4 Å². The molecule has 2 fully saturated rings. The molecule has 0 radical (unpaired) electrons. The fourth-order valence-electron chi connectivity index (χ4n) is 5.63. The van der Waals surface area contributed by atoms with Crippen LogP contribution in [0.4, 0.5) is 11.4 Å². The van der Waals surface area contributed by atoms with Gasteiger partial charge in [-0.05, 0) is 79.4 Å². The van der Waals surface area contributed by atoms with E-state index in [2.05, 4.69) is 15.5 Å². The Morgan fingerprint density at radius 2 is 1.76 bits per heavy atom. The highest BCUT2D eigenvalue weighted by molar-refractivity contribution is 7.12. The van der Waals surface area contributed by atoms with E-state index in [1.807, 2.05) is 58.8 Å². The first-order valence-electron chi connectivity index (χ1n) is 14.6. The normalized spacial score (nSPS) is 19.1. The van der Waals surface area contributed by atoms with Crippen molar-refractivity contribution >= 4 is 40.4 Å². The lowest BCUT2D eigenvalue weighted by atomic mass is 9.91. The number of carbonyl (C=O) groups is 3.